The van der Waals surface area contributed by atoms with Crippen molar-refractivity contribution >= 4 is 56.2 Å². The van der Waals surface area contributed by atoms with Gasteiger partial charge in [0.2, 0.25) is 0 Å². The standard InChI is InChI=1S/C53H34N4O/c1-2-11-33(12-3-1)35-21-24-36(25-22-35)51-54-52(40-26-23-34-13-4-5-14-37(34)29-40)56-53(55-51)44-18-10-20-48-50(44)43-28-27-41(32-49(43)58-48)57-46-19-9-8-17-42(46)45-30-38-15-6-7-16-39(38)31-47(45)57/h1-32,45,47H. The zero-order valence-electron chi connectivity index (χ0n) is 31.3. The van der Waals surface area contributed by atoms with Crippen LogP contribution >= 0.6 is 0 Å². The Labute approximate surface area is 334 Å². The van der Waals surface area contributed by atoms with Crippen molar-refractivity contribution in [2.75, 3.05) is 4.90 Å². The van der Waals surface area contributed by atoms with Crippen molar-refractivity contribution in [1.29, 1.82) is 0 Å². The van der Waals surface area contributed by atoms with Gasteiger partial charge in [-0.05, 0) is 68.2 Å². The average molecular weight is 743 g/mol. The molecule has 0 fully saturated rings. The summed E-state index contributed by atoms with van der Waals surface area (Å²) in [6.45, 7) is 0. The molecule has 0 N–H and O–H groups in total. The van der Waals surface area contributed by atoms with Crippen LogP contribution in [0.5, 0.6) is 0 Å². The molecule has 0 bridgehead atoms. The Bertz CT molecular complexity index is 3370. The van der Waals surface area contributed by atoms with Crippen molar-refractivity contribution in [3.8, 4) is 45.3 Å². The molecule has 58 heavy (non-hydrogen) atoms. The van der Waals surface area contributed by atoms with Gasteiger partial charge in [0, 0.05) is 50.8 Å². The number of hydrogen-bond donors (Lipinski definition) is 0. The van der Waals surface area contributed by atoms with E-state index in [0.717, 1.165) is 55.3 Å². The van der Waals surface area contributed by atoms with E-state index in [1.807, 2.05) is 18.2 Å². The molecule has 1 aliphatic carbocycles. The largest absolute Gasteiger partial charge is 0.456 e. The van der Waals surface area contributed by atoms with Crippen molar-refractivity contribution in [3.05, 3.63) is 198 Å². The lowest BCUT2D eigenvalue weighted by atomic mass is 9.89. The summed E-state index contributed by atoms with van der Waals surface area (Å²) in [5, 5.41) is 6.86. The summed E-state index contributed by atoms with van der Waals surface area (Å²) >= 11 is 0. The van der Waals surface area contributed by atoms with Gasteiger partial charge in [0.25, 0.3) is 0 Å². The number of nitrogens with zero attached hydrogens (tertiary/aromatic N) is 4. The number of rotatable bonds is 5. The molecular formula is C53H34N4O. The van der Waals surface area contributed by atoms with Gasteiger partial charge < -0.3 is 9.32 Å². The minimum atomic E-state index is 0.156. The van der Waals surface area contributed by atoms with Crippen LogP contribution in [0.15, 0.2) is 186 Å². The molecule has 3 heterocycles. The third kappa shape index (κ3) is 5.28. The SMILES string of the molecule is C1=c2ccccc2=CC2C1c1ccccc1N2c1ccc2c(c1)oc1cccc(-c3nc(-c4ccc(-c5ccccc5)cc4)nc(-c4ccc5ccccc5c4)n3)c12. The second-order valence-corrected chi connectivity index (χ2v) is 15.2. The molecule has 0 spiro atoms. The van der Waals surface area contributed by atoms with E-state index in [1.165, 1.54) is 32.6 Å². The molecule has 5 nitrogen and oxygen atoms in total. The average Bonchev–Trinajstić information content (AvgIpc) is 3.83. The van der Waals surface area contributed by atoms with E-state index in [1.54, 1.807) is 0 Å². The summed E-state index contributed by atoms with van der Waals surface area (Å²) in [5.74, 6) is 2.09. The molecule has 12 rings (SSSR count). The van der Waals surface area contributed by atoms with Crippen LogP contribution in [-0.2, 0) is 0 Å². The third-order valence-corrected chi connectivity index (χ3v) is 11.8. The second-order valence-electron chi connectivity index (χ2n) is 15.2. The Hall–Kier alpha value is -7.63. The summed E-state index contributed by atoms with van der Waals surface area (Å²) in [6.07, 6.45) is 4.85. The van der Waals surface area contributed by atoms with E-state index in [0.29, 0.717) is 17.5 Å². The molecule has 0 radical (unpaired) electrons. The Morgan fingerprint density at radius 1 is 0.448 bits per heavy atom. The van der Waals surface area contributed by atoms with Crippen molar-refractivity contribution in [2.24, 2.45) is 0 Å². The van der Waals surface area contributed by atoms with Gasteiger partial charge in [-0.3, -0.25) is 0 Å². The number of para-hydroxylation sites is 1. The van der Waals surface area contributed by atoms with Crippen LogP contribution in [0.3, 0.4) is 0 Å². The Morgan fingerprint density at radius 2 is 1.12 bits per heavy atom. The smallest absolute Gasteiger partial charge is 0.164 e. The van der Waals surface area contributed by atoms with Gasteiger partial charge in [-0.25, -0.2) is 15.0 Å². The van der Waals surface area contributed by atoms with Gasteiger partial charge in [-0.1, -0.05) is 158 Å². The zero-order valence-corrected chi connectivity index (χ0v) is 31.3. The third-order valence-electron chi connectivity index (χ3n) is 11.8. The van der Waals surface area contributed by atoms with E-state index in [9.17, 15) is 0 Å². The molecule has 2 aromatic heterocycles. The van der Waals surface area contributed by atoms with E-state index in [4.69, 9.17) is 19.4 Å². The Balaban J connectivity index is 1.00. The highest BCUT2D eigenvalue weighted by Gasteiger charge is 2.38. The highest BCUT2D eigenvalue weighted by atomic mass is 16.3. The molecule has 10 aromatic rings. The van der Waals surface area contributed by atoms with Crippen LogP contribution in [0.2, 0.25) is 0 Å². The molecule has 2 aliphatic rings. The van der Waals surface area contributed by atoms with E-state index >= 15 is 0 Å². The maximum absolute atomic E-state index is 6.71. The molecule has 2 unspecified atom stereocenters. The number of furan rings is 1. The lowest BCUT2D eigenvalue weighted by Crippen LogP contribution is -2.38. The van der Waals surface area contributed by atoms with Gasteiger partial charge in [0.05, 0.1) is 6.04 Å². The molecule has 5 heteroatoms. The first-order valence-corrected chi connectivity index (χ1v) is 19.8. The van der Waals surface area contributed by atoms with E-state index in [-0.39, 0.29) is 12.0 Å². The monoisotopic (exact) mass is 742 g/mol. The number of benzene rings is 8. The predicted octanol–water partition coefficient (Wildman–Crippen LogP) is 11.5. The number of hydrogen-bond acceptors (Lipinski definition) is 5. The van der Waals surface area contributed by atoms with E-state index in [2.05, 4.69) is 181 Å². The first-order chi connectivity index (χ1) is 28.7. The fourth-order valence-electron chi connectivity index (χ4n) is 9.04. The van der Waals surface area contributed by atoms with Crippen LogP contribution in [0.25, 0.3) is 90.2 Å². The Kier molecular flexibility index (Phi) is 7.29. The normalized spacial score (nSPS) is 15.5. The molecule has 0 saturated carbocycles. The van der Waals surface area contributed by atoms with Gasteiger partial charge in [0.15, 0.2) is 17.5 Å². The minimum Gasteiger partial charge on any atom is -0.456 e. The lowest BCUT2D eigenvalue weighted by Gasteiger charge is -2.29. The molecule has 272 valence electrons. The molecule has 2 atom stereocenters. The molecule has 0 amide bonds. The fourth-order valence-corrected chi connectivity index (χ4v) is 9.04. The molecule has 1 aliphatic heterocycles. The van der Waals surface area contributed by atoms with Crippen LogP contribution in [0, 0.1) is 0 Å². The van der Waals surface area contributed by atoms with Gasteiger partial charge in [-0.15, -0.1) is 0 Å². The van der Waals surface area contributed by atoms with Crippen LogP contribution < -0.4 is 15.3 Å². The number of fused-ring (bicyclic) bond motifs is 8. The molecular weight excluding hydrogens is 709 g/mol. The summed E-state index contributed by atoms with van der Waals surface area (Å²) < 4.78 is 6.71. The minimum absolute atomic E-state index is 0.156. The van der Waals surface area contributed by atoms with Crippen molar-refractivity contribution in [3.63, 3.8) is 0 Å². The van der Waals surface area contributed by atoms with Gasteiger partial charge in [0.1, 0.15) is 11.2 Å². The number of aromatic nitrogens is 3. The van der Waals surface area contributed by atoms with Gasteiger partial charge in [-0.2, -0.15) is 0 Å². The summed E-state index contributed by atoms with van der Waals surface area (Å²) in [5.41, 5.74) is 10.3. The van der Waals surface area contributed by atoms with Crippen molar-refractivity contribution < 1.29 is 4.42 Å². The van der Waals surface area contributed by atoms with Crippen molar-refractivity contribution in [2.45, 2.75) is 12.0 Å². The van der Waals surface area contributed by atoms with Gasteiger partial charge >= 0.3 is 0 Å². The second kappa shape index (κ2) is 13.0. The zero-order chi connectivity index (χ0) is 38.2. The summed E-state index contributed by atoms with van der Waals surface area (Å²) in [6, 6.07) is 64.0. The maximum Gasteiger partial charge on any atom is 0.164 e. The summed E-state index contributed by atoms with van der Waals surface area (Å²) in [4.78, 5) is 18.0. The first-order valence-electron chi connectivity index (χ1n) is 19.8. The lowest BCUT2D eigenvalue weighted by molar-refractivity contribution is 0.668. The van der Waals surface area contributed by atoms with Crippen LogP contribution in [-0.4, -0.2) is 21.0 Å². The van der Waals surface area contributed by atoms with Crippen LogP contribution in [0.1, 0.15) is 11.5 Å². The Morgan fingerprint density at radius 3 is 1.98 bits per heavy atom. The molecule has 8 aromatic carbocycles. The first kappa shape index (κ1) is 32.6. The highest BCUT2D eigenvalue weighted by Crippen LogP contribution is 2.48. The predicted molar refractivity (Wildman–Crippen MR) is 236 cm³/mol. The maximum atomic E-state index is 6.71. The van der Waals surface area contributed by atoms with E-state index < -0.39 is 0 Å². The summed E-state index contributed by atoms with van der Waals surface area (Å²) in [7, 11) is 0. The van der Waals surface area contributed by atoms with Crippen LogP contribution in [0.4, 0.5) is 11.4 Å². The fraction of sp³-hybridized carbons (Fsp3) is 0.0377. The molecule has 0 saturated heterocycles. The number of anilines is 2. The van der Waals surface area contributed by atoms with Crippen molar-refractivity contribution in [1.82, 2.24) is 15.0 Å². The topological polar surface area (TPSA) is 55.1 Å². The quantitative estimate of drug-likeness (QED) is 0.176. The highest BCUT2D eigenvalue weighted by molar-refractivity contribution is 6.12.